The molecule has 0 fully saturated rings. The third-order valence-corrected chi connectivity index (χ3v) is 3.99. The van der Waals surface area contributed by atoms with E-state index >= 15 is 0 Å². The first-order valence-electron chi connectivity index (χ1n) is 6.57. The second-order valence-electron chi connectivity index (χ2n) is 5.12. The van der Waals surface area contributed by atoms with Gasteiger partial charge < -0.3 is 10.6 Å². The maximum absolute atomic E-state index is 6.14. The molecule has 0 aliphatic carbocycles. The summed E-state index contributed by atoms with van der Waals surface area (Å²) in [5, 5.41) is 1.10. The van der Waals surface area contributed by atoms with Crippen molar-refractivity contribution in [3.63, 3.8) is 0 Å². The van der Waals surface area contributed by atoms with Crippen LogP contribution in [0.15, 0.2) is 28.9 Å². The summed E-state index contributed by atoms with van der Waals surface area (Å²) in [5.41, 5.74) is 8.92. The average Bonchev–Trinajstić information content (AvgIpc) is 2.37. The number of nitrogen functional groups attached to an aromatic ring is 1. The van der Waals surface area contributed by atoms with E-state index in [0.717, 1.165) is 39.7 Å². The van der Waals surface area contributed by atoms with E-state index in [9.17, 15) is 0 Å². The molecule has 0 spiro atoms. The van der Waals surface area contributed by atoms with Gasteiger partial charge in [-0.25, -0.2) is 0 Å². The van der Waals surface area contributed by atoms with Gasteiger partial charge in [-0.05, 0) is 24.1 Å². The largest absolute Gasteiger partial charge is 0.396 e. The van der Waals surface area contributed by atoms with Gasteiger partial charge in [-0.1, -0.05) is 36.2 Å². The summed E-state index contributed by atoms with van der Waals surface area (Å²) < 4.78 is 1.05. The molecular formula is C15H20BrN3. The molecule has 1 unspecified atom stereocenters. The smallest absolute Gasteiger partial charge is 0.0745 e. The third-order valence-electron chi connectivity index (χ3n) is 3.49. The van der Waals surface area contributed by atoms with E-state index in [1.165, 1.54) is 0 Å². The first-order valence-corrected chi connectivity index (χ1v) is 7.37. The van der Waals surface area contributed by atoms with Gasteiger partial charge in [0.2, 0.25) is 0 Å². The minimum Gasteiger partial charge on any atom is -0.396 e. The van der Waals surface area contributed by atoms with Crippen LogP contribution in [0, 0.1) is 5.92 Å². The second-order valence-corrected chi connectivity index (χ2v) is 6.03. The number of anilines is 2. The minimum atomic E-state index is 0.639. The molecule has 3 nitrogen and oxygen atoms in total. The highest BCUT2D eigenvalue weighted by Gasteiger charge is 2.13. The molecule has 1 aromatic heterocycles. The van der Waals surface area contributed by atoms with E-state index in [0.29, 0.717) is 5.92 Å². The Kier molecular flexibility index (Phi) is 4.30. The summed E-state index contributed by atoms with van der Waals surface area (Å²) in [6.45, 7) is 5.46. The van der Waals surface area contributed by atoms with Crippen molar-refractivity contribution in [1.82, 2.24) is 4.98 Å². The number of benzene rings is 1. The lowest BCUT2D eigenvalue weighted by molar-refractivity contribution is 0.560. The Morgan fingerprint density at radius 2 is 2.16 bits per heavy atom. The fraction of sp³-hybridized carbons (Fsp3) is 0.400. The number of nitrogens with zero attached hydrogens (tertiary/aromatic N) is 2. The number of halogens is 1. The molecule has 0 amide bonds. The van der Waals surface area contributed by atoms with Crippen molar-refractivity contribution >= 4 is 38.2 Å². The first kappa shape index (κ1) is 14.1. The quantitative estimate of drug-likeness (QED) is 0.923. The van der Waals surface area contributed by atoms with E-state index in [1.54, 1.807) is 6.20 Å². The number of hydrogen-bond acceptors (Lipinski definition) is 3. The Morgan fingerprint density at radius 3 is 2.84 bits per heavy atom. The van der Waals surface area contributed by atoms with E-state index in [4.69, 9.17) is 5.73 Å². The number of fused-ring (bicyclic) bond motifs is 1. The lowest BCUT2D eigenvalue weighted by Crippen LogP contribution is -2.24. The Labute approximate surface area is 122 Å². The van der Waals surface area contributed by atoms with Gasteiger partial charge in [-0.2, -0.15) is 0 Å². The molecule has 102 valence electrons. The molecule has 0 aliphatic heterocycles. The number of pyridine rings is 1. The van der Waals surface area contributed by atoms with Crippen LogP contribution in [0.4, 0.5) is 11.4 Å². The first-order chi connectivity index (χ1) is 9.02. The molecule has 19 heavy (non-hydrogen) atoms. The highest BCUT2D eigenvalue weighted by molar-refractivity contribution is 9.10. The van der Waals surface area contributed by atoms with E-state index in [2.05, 4.69) is 52.8 Å². The van der Waals surface area contributed by atoms with Crippen LogP contribution in [0.1, 0.15) is 20.3 Å². The fourth-order valence-electron chi connectivity index (χ4n) is 2.28. The summed E-state index contributed by atoms with van der Waals surface area (Å²) in [6.07, 6.45) is 2.91. The standard InChI is InChI=1S/C15H20BrN3/c1-4-10(2)9-19(3)15-12-7-11(16)5-6-14(12)18-8-13(15)17/h5-8,10H,4,9,17H2,1-3H3. The van der Waals surface area contributed by atoms with Crippen LogP contribution in [0.2, 0.25) is 0 Å². The van der Waals surface area contributed by atoms with Crippen molar-refractivity contribution in [1.29, 1.82) is 0 Å². The zero-order valence-electron chi connectivity index (χ0n) is 11.7. The fourth-order valence-corrected chi connectivity index (χ4v) is 2.64. The lowest BCUT2D eigenvalue weighted by Gasteiger charge is -2.25. The Balaban J connectivity index is 2.51. The lowest BCUT2D eigenvalue weighted by atomic mass is 10.1. The number of rotatable bonds is 4. The molecule has 0 bridgehead atoms. The average molecular weight is 322 g/mol. The second kappa shape index (κ2) is 5.78. The summed E-state index contributed by atoms with van der Waals surface area (Å²) in [4.78, 5) is 6.63. The molecule has 0 radical (unpaired) electrons. The van der Waals surface area contributed by atoms with E-state index < -0.39 is 0 Å². The molecule has 2 aromatic rings. The molecular weight excluding hydrogens is 302 g/mol. The van der Waals surface area contributed by atoms with Gasteiger partial charge in [0, 0.05) is 23.5 Å². The molecule has 4 heteroatoms. The van der Waals surface area contributed by atoms with Crippen LogP contribution >= 0.6 is 15.9 Å². The third kappa shape index (κ3) is 3.00. The van der Waals surface area contributed by atoms with Crippen molar-refractivity contribution in [3.05, 3.63) is 28.9 Å². The molecule has 0 saturated heterocycles. The number of hydrogen-bond donors (Lipinski definition) is 1. The van der Waals surface area contributed by atoms with Crippen LogP contribution in [-0.2, 0) is 0 Å². The summed E-state index contributed by atoms with van der Waals surface area (Å²) in [5.74, 6) is 0.639. The maximum atomic E-state index is 6.14. The monoisotopic (exact) mass is 321 g/mol. The minimum absolute atomic E-state index is 0.639. The van der Waals surface area contributed by atoms with Crippen molar-refractivity contribution in [2.75, 3.05) is 24.2 Å². The van der Waals surface area contributed by atoms with E-state index in [1.807, 2.05) is 12.1 Å². The topological polar surface area (TPSA) is 42.1 Å². The highest BCUT2D eigenvalue weighted by atomic mass is 79.9. The predicted octanol–water partition coefficient (Wildman–Crippen LogP) is 4.06. The van der Waals surface area contributed by atoms with Crippen LogP contribution in [0.3, 0.4) is 0 Å². The Bertz CT molecular complexity index is 578. The maximum Gasteiger partial charge on any atom is 0.0745 e. The van der Waals surface area contributed by atoms with Gasteiger partial charge in [0.15, 0.2) is 0 Å². The molecule has 1 heterocycles. The van der Waals surface area contributed by atoms with Crippen molar-refractivity contribution in [2.45, 2.75) is 20.3 Å². The van der Waals surface area contributed by atoms with Crippen molar-refractivity contribution in [3.8, 4) is 0 Å². The van der Waals surface area contributed by atoms with Crippen LogP contribution in [-0.4, -0.2) is 18.6 Å². The molecule has 1 aromatic carbocycles. The predicted molar refractivity (Wildman–Crippen MR) is 86.6 cm³/mol. The molecule has 0 aliphatic rings. The molecule has 2 rings (SSSR count). The van der Waals surface area contributed by atoms with Crippen molar-refractivity contribution < 1.29 is 0 Å². The molecule has 2 N–H and O–H groups in total. The summed E-state index contributed by atoms with van der Waals surface area (Å²) in [6, 6.07) is 6.10. The van der Waals surface area contributed by atoms with E-state index in [-0.39, 0.29) is 0 Å². The normalized spacial score (nSPS) is 12.6. The van der Waals surface area contributed by atoms with Crippen molar-refractivity contribution in [2.24, 2.45) is 5.92 Å². The summed E-state index contributed by atoms with van der Waals surface area (Å²) in [7, 11) is 2.10. The highest BCUT2D eigenvalue weighted by Crippen LogP contribution is 2.33. The zero-order valence-corrected chi connectivity index (χ0v) is 13.2. The molecule has 0 saturated carbocycles. The Hall–Kier alpha value is -1.29. The van der Waals surface area contributed by atoms with Crippen LogP contribution in [0.25, 0.3) is 10.9 Å². The summed E-state index contributed by atoms with van der Waals surface area (Å²) >= 11 is 3.52. The van der Waals surface area contributed by atoms with Gasteiger partial charge >= 0.3 is 0 Å². The number of nitrogens with two attached hydrogens (primary N) is 1. The number of aromatic nitrogens is 1. The zero-order chi connectivity index (χ0) is 14.0. The van der Waals surface area contributed by atoms with Crippen LogP contribution < -0.4 is 10.6 Å². The Morgan fingerprint density at radius 1 is 1.42 bits per heavy atom. The van der Waals surface area contributed by atoms with Gasteiger partial charge in [0.1, 0.15) is 0 Å². The van der Waals surface area contributed by atoms with Gasteiger partial charge in [-0.3, -0.25) is 4.98 Å². The van der Waals surface area contributed by atoms with Crippen LogP contribution in [0.5, 0.6) is 0 Å². The SMILES string of the molecule is CCC(C)CN(C)c1c(N)cnc2ccc(Br)cc12. The molecule has 1 atom stereocenters. The van der Waals surface area contributed by atoms with Gasteiger partial charge in [0.05, 0.1) is 23.1 Å². The van der Waals surface area contributed by atoms with Gasteiger partial charge in [0.25, 0.3) is 0 Å². The van der Waals surface area contributed by atoms with Gasteiger partial charge in [-0.15, -0.1) is 0 Å².